The smallest absolute Gasteiger partial charge is 0.0652 e. The predicted octanol–water partition coefficient (Wildman–Crippen LogP) is 3.27. The van der Waals surface area contributed by atoms with E-state index in [1.807, 2.05) is 0 Å². The Morgan fingerprint density at radius 3 is 2.33 bits per heavy atom. The maximum absolute atomic E-state index is 10.1. The van der Waals surface area contributed by atoms with Gasteiger partial charge in [-0.1, -0.05) is 38.9 Å². The third-order valence-electron chi connectivity index (χ3n) is 2.92. The molecule has 86 valence electrons. The molecule has 1 aliphatic rings. The van der Waals surface area contributed by atoms with E-state index in [4.69, 9.17) is 0 Å². The molecule has 1 N–H and O–H groups in total. The van der Waals surface area contributed by atoms with Crippen LogP contribution in [0.4, 0.5) is 0 Å². The van der Waals surface area contributed by atoms with Crippen LogP contribution in [-0.4, -0.2) is 19.3 Å². The average molecular weight is 224 g/mol. The van der Waals surface area contributed by atoms with E-state index in [-0.39, 0.29) is 11.6 Å². The van der Waals surface area contributed by atoms with E-state index in [0.29, 0.717) is 5.92 Å². The highest BCUT2D eigenvalue weighted by Gasteiger charge is 2.31. The van der Waals surface area contributed by atoms with Gasteiger partial charge in [-0.05, 0) is 19.3 Å². The summed E-state index contributed by atoms with van der Waals surface area (Å²) in [4.78, 5) is 0. The topological polar surface area (TPSA) is 20.2 Å². The molecule has 0 amide bonds. The van der Waals surface area contributed by atoms with E-state index in [1.54, 1.807) is 0 Å². The predicted molar refractivity (Wildman–Crippen MR) is 68.5 cm³/mol. The molecule has 0 unspecified atom stereocenters. The van der Waals surface area contributed by atoms with Crippen LogP contribution in [-0.2, 0) is 0 Å². The van der Waals surface area contributed by atoms with Crippen LogP contribution < -0.4 is 0 Å². The molecule has 1 rings (SSSR count). The maximum atomic E-state index is 10.1. The summed E-state index contributed by atoms with van der Waals surface area (Å²) in [5, 5.41) is 10.1. The minimum absolute atomic E-state index is 0.201. The Morgan fingerprint density at radius 2 is 1.93 bits per heavy atom. The van der Waals surface area contributed by atoms with E-state index in [2.05, 4.69) is 38.4 Å². The Labute approximate surface area is 95.3 Å². The summed E-state index contributed by atoms with van der Waals surface area (Å²) in [5.74, 6) is 7.35. The summed E-state index contributed by atoms with van der Waals surface area (Å²) in [6, 6.07) is 0. The molecule has 2 atom stereocenters. The van der Waals surface area contributed by atoms with Crippen molar-refractivity contribution in [3.05, 3.63) is 0 Å². The number of hydrogen-bond acceptors (Lipinski definition) is 1. The molecule has 0 saturated heterocycles. The van der Waals surface area contributed by atoms with Crippen molar-refractivity contribution in [2.45, 2.75) is 63.9 Å². The summed E-state index contributed by atoms with van der Waals surface area (Å²) < 4.78 is 0. The van der Waals surface area contributed by atoms with Crippen molar-refractivity contribution in [1.29, 1.82) is 0 Å². The van der Waals surface area contributed by atoms with Gasteiger partial charge in [-0.2, -0.15) is 0 Å². The van der Waals surface area contributed by atoms with Crippen LogP contribution in [0.15, 0.2) is 0 Å². The van der Waals surface area contributed by atoms with Crippen molar-refractivity contribution < 1.29 is 5.11 Å². The van der Waals surface area contributed by atoms with E-state index in [1.165, 1.54) is 12.8 Å². The summed E-state index contributed by atoms with van der Waals surface area (Å²) in [7, 11) is -1.35. The number of aliphatic hydroxyl groups is 1. The minimum Gasteiger partial charge on any atom is -0.392 e. The second-order valence-electron chi connectivity index (χ2n) is 5.76. The minimum atomic E-state index is -1.35. The van der Waals surface area contributed by atoms with Gasteiger partial charge >= 0.3 is 0 Å². The van der Waals surface area contributed by atoms with Gasteiger partial charge < -0.3 is 5.11 Å². The molecule has 0 heterocycles. The second kappa shape index (κ2) is 5.18. The van der Waals surface area contributed by atoms with Crippen LogP contribution in [0.25, 0.3) is 0 Å². The molecule has 0 bridgehead atoms. The standard InChI is InChI=1S/C13H24OSi/c1-5-6-12(14)13(15(2,3)4)10-9-11-7-8-11/h11-14H,5-8H2,1-4H3/t12-,13-/m1/s1. The van der Waals surface area contributed by atoms with Crippen molar-refractivity contribution in [3.63, 3.8) is 0 Å². The van der Waals surface area contributed by atoms with Crippen molar-refractivity contribution in [2.75, 3.05) is 0 Å². The van der Waals surface area contributed by atoms with Gasteiger partial charge in [0.1, 0.15) is 0 Å². The molecule has 2 heteroatoms. The molecule has 0 aromatic heterocycles. The summed E-state index contributed by atoms with van der Waals surface area (Å²) >= 11 is 0. The van der Waals surface area contributed by atoms with Gasteiger partial charge in [-0.25, -0.2) is 0 Å². The van der Waals surface area contributed by atoms with Crippen LogP contribution in [0.5, 0.6) is 0 Å². The van der Waals surface area contributed by atoms with Crippen molar-refractivity contribution in [2.24, 2.45) is 5.92 Å². The highest BCUT2D eigenvalue weighted by atomic mass is 28.3. The van der Waals surface area contributed by atoms with Gasteiger partial charge in [-0.3, -0.25) is 0 Å². The van der Waals surface area contributed by atoms with Crippen LogP contribution >= 0.6 is 0 Å². The van der Waals surface area contributed by atoms with Crippen LogP contribution in [0, 0.1) is 17.8 Å². The Kier molecular flexibility index (Phi) is 4.42. The quantitative estimate of drug-likeness (QED) is 0.574. The molecule has 0 radical (unpaired) electrons. The Hall–Kier alpha value is -0.263. The van der Waals surface area contributed by atoms with Crippen molar-refractivity contribution in [3.8, 4) is 11.8 Å². The molecular formula is C13H24OSi. The fourth-order valence-corrected chi connectivity index (χ4v) is 3.62. The third-order valence-corrected chi connectivity index (χ3v) is 5.32. The Balaban J connectivity index is 2.64. The molecule has 0 aliphatic heterocycles. The lowest BCUT2D eigenvalue weighted by Gasteiger charge is -2.28. The van der Waals surface area contributed by atoms with Crippen molar-refractivity contribution >= 4 is 8.07 Å². The van der Waals surface area contributed by atoms with Crippen LogP contribution in [0.3, 0.4) is 0 Å². The highest BCUT2D eigenvalue weighted by Crippen LogP contribution is 2.31. The van der Waals surface area contributed by atoms with E-state index in [9.17, 15) is 5.11 Å². The summed E-state index contributed by atoms with van der Waals surface area (Å²) in [6.45, 7) is 9.03. The Morgan fingerprint density at radius 1 is 1.33 bits per heavy atom. The van der Waals surface area contributed by atoms with Gasteiger partial charge in [-0.15, -0.1) is 5.92 Å². The zero-order valence-electron chi connectivity index (χ0n) is 10.5. The zero-order chi connectivity index (χ0) is 11.5. The molecule has 0 aromatic carbocycles. The van der Waals surface area contributed by atoms with E-state index < -0.39 is 8.07 Å². The lowest BCUT2D eigenvalue weighted by Crippen LogP contribution is -2.35. The first-order chi connectivity index (χ1) is 6.95. The van der Waals surface area contributed by atoms with Gasteiger partial charge in [0.15, 0.2) is 0 Å². The number of rotatable bonds is 4. The molecule has 0 aromatic rings. The lowest BCUT2D eigenvalue weighted by molar-refractivity contribution is 0.167. The normalized spacial score (nSPS) is 20.3. The van der Waals surface area contributed by atoms with Gasteiger partial charge in [0.05, 0.1) is 14.2 Å². The average Bonchev–Trinajstić information content (AvgIpc) is 2.86. The van der Waals surface area contributed by atoms with Gasteiger partial charge in [0.25, 0.3) is 0 Å². The number of hydrogen-bond donors (Lipinski definition) is 1. The second-order valence-corrected chi connectivity index (χ2v) is 11.1. The SMILES string of the molecule is CCC[C@@H](O)[C@@H](C#CC1CC1)[Si](C)(C)C. The van der Waals surface area contributed by atoms with Gasteiger partial charge in [0.2, 0.25) is 0 Å². The first-order valence-electron chi connectivity index (χ1n) is 6.14. The van der Waals surface area contributed by atoms with Crippen LogP contribution in [0.1, 0.15) is 32.6 Å². The highest BCUT2D eigenvalue weighted by molar-refractivity contribution is 6.78. The Bertz CT molecular complexity index is 252. The first-order valence-corrected chi connectivity index (χ1v) is 9.72. The van der Waals surface area contributed by atoms with Crippen LogP contribution in [0.2, 0.25) is 25.2 Å². The maximum Gasteiger partial charge on any atom is 0.0652 e. The van der Waals surface area contributed by atoms with Gasteiger partial charge in [0, 0.05) is 11.5 Å². The summed E-state index contributed by atoms with van der Waals surface area (Å²) in [6.07, 6.45) is 4.29. The van der Waals surface area contributed by atoms with Crippen molar-refractivity contribution in [1.82, 2.24) is 0 Å². The number of aliphatic hydroxyl groups excluding tert-OH is 1. The fourth-order valence-electron chi connectivity index (χ4n) is 1.79. The largest absolute Gasteiger partial charge is 0.392 e. The molecule has 1 nitrogen and oxygen atoms in total. The first kappa shape index (κ1) is 12.8. The molecule has 1 aliphatic carbocycles. The lowest BCUT2D eigenvalue weighted by atomic mass is 10.1. The monoisotopic (exact) mass is 224 g/mol. The molecule has 1 fully saturated rings. The van der Waals surface area contributed by atoms with E-state index in [0.717, 1.165) is 12.8 Å². The fraction of sp³-hybridized carbons (Fsp3) is 0.846. The van der Waals surface area contributed by atoms with E-state index >= 15 is 0 Å². The zero-order valence-corrected chi connectivity index (χ0v) is 11.5. The molecule has 15 heavy (non-hydrogen) atoms. The molecular weight excluding hydrogens is 200 g/mol. The molecule has 1 saturated carbocycles. The molecule has 0 spiro atoms. The third kappa shape index (κ3) is 4.40. The summed E-state index contributed by atoms with van der Waals surface area (Å²) in [5.41, 5.74) is 0.262.